The Balaban J connectivity index is 2.23. The fourth-order valence-corrected chi connectivity index (χ4v) is 2.90. The normalized spacial score (nSPS) is 11.5. The van der Waals surface area contributed by atoms with Crippen LogP contribution in [0.15, 0.2) is 47.6 Å². The predicted octanol–water partition coefficient (Wildman–Crippen LogP) is 1.55. The molecule has 19 heavy (non-hydrogen) atoms. The van der Waals surface area contributed by atoms with Crippen LogP contribution < -0.4 is 10.0 Å². The number of nitrogens with zero attached hydrogens (tertiary/aromatic N) is 1. The zero-order valence-electron chi connectivity index (χ0n) is 10.9. The monoisotopic (exact) mass is 279 g/mol. The number of aromatic nitrogens is 1. The molecule has 1 aromatic heterocycles. The summed E-state index contributed by atoms with van der Waals surface area (Å²) in [7, 11) is 0.117. The third kappa shape index (κ3) is 3.36. The summed E-state index contributed by atoms with van der Waals surface area (Å²) in [6, 6.07) is 8.89. The second-order valence-corrected chi connectivity index (χ2v) is 6.03. The van der Waals surface area contributed by atoms with Crippen molar-refractivity contribution in [3.05, 3.63) is 48.3 Å². The first-order valence-electron chi connectivity index (χ1n) is 5.89. The average molecular weight is 279 g/mol. The van der Waals surface area contributed by atoms with Crippen LogP contribution in [0.4, 0.5) is 5.69 Å². The minimum absolute atomic E-state index is 0.258. The first-order chi connectivity index (χ1) is 9.01. The van der Waals surface area contributed by atoms with Crippen LogP contribution in [0.1, 0.15) is 5.56 Å². The molecule has 0 aliphatic carbocycles. The summed E-state index contributed by atoms with van der Waals surface area (Å²) < 4.78 is 28.6. The van der Waals surface area contributed by atoms with Gasteiger partial charge in [0, 0.05) is 31.7 Å². The molecule has 1 heterocycles. The Kier molecular flexibility index (Phi) is 3.92. The molecule has 102 valence electrons. The van der Waals surface area contributed by atoms with Gasteiger partial charge in [-0.2, -0.15) is 0 Å². The van der Waals surface area contributed by atoms with Gasteiger partial charge < -0.3 is 9.88 Å². The lowest BCUT2D eigenvalue weighted by Crippen LogP contribution is -2.13. The number of anilines is 1. The Morgan fingerprint density at radius 2 is 2.05 bits per heavy atom. The molecule has 0 fully saturated rings. The van der Waals surface area contributed by atoms with Gasteiger partial charge in [-0.3, -0.25) is 4.72 Å². The second kappa shape index (κ2) is 5.46. The van der Waals surface area contributed by atoms with Gasteiger partial charge in [-0.15, -0.1) is 0 Å². The van der Waals surface area contributed by atoms with Gasteiger partial charge >= 0.3 is 0 Å². The van der Waals surface area contributed by atoms with Crippen LogP contribution in [0.5, 0.6) is 0 Å². The number of rotatable bonds is 5. The predicted molar refractivity (Wildman–Crippen MR) is 75.4 cm³/mol. The van der Waals surface area contributed by atoms with Crippen molar-refractivity contribution in [2.75, 3.05) is 11.8 Å². The lowest BCUT2D eigenvalue weighted by Gasteiger charge is -2.08. The van der Waals surface area contributed by atoms with Crippen LogP contribution in [0.25, 0.3) is 0 Å². The van der Waals surface area contributed by atoms with E-state index in [4.69, 9.17) is 0 Å². The van der Waals surface area contributed by atoms with Gasteiger partial charge in [0.1, 0.15) is 4.90 Å². The van der Waals surface area contributed by atoms with Gasteiger partial charge in [0.25, 0.3) is 10.0 Å². The van der Waals surface area contributed by atoms with Crippen molar-refractivity contribution in [3.8, 4) is 0 Å². The van der Waals surface area contributed by atoms with Crippen molar-refractivity contribution in [2.24, 2.45) is 7.05 Å². The van der Waals surface area contributed by atoms with Crippen LogP contribution in [0.2, 0.25) is 0 Å². The Labute approximate surface area is 113 Å². The van der Waals surface area contributed by atoms with Crippen molar-refractivity contribution < 1.29 is 8.42 Å². The first kappa shape index (κ1) is 13.6. The summed E-state index contributed by atoms with van der Waals surface area (Å²) in [5.74, 6) is 0. The minimum atomic E-state index is -3.52. The van der Waals surface area contributed by atoms with Crippen molar-refractivity contribution in [1.82, 2.24) is 9.88 Å². The van der Waals surface area contributed by atoms with E-state index >= 15 is 0 Å². The molecule has 2 aromatic rings. The summed E-state index contributed by atoms with van der Waals surface area (Å²) >= 11 is 0. The maximum atomic E-state index is 12.1. The van der Waals surface area contributed by atoms with Gasteiger partial charge in [0.2, 0.25) is 0 Å². The highest BCUT2D eigenvalue weighted by Gasteiger charge is 2.15. The van der Waals surface area contributed by atoms with Crippen molar-refractivity contribution >= 4 is 15.7 Å². The van der Waals surface area contributed by atoms with Gasteiger partial charge in [-0.1, -0.05) is 12.1 Å². The van der Waals surface area contributed by atoms with Crippen LogP contribution in [0, 0.1) is 0 Å². The summed E-state index contributed by atoms with van der Waals surface area (Å²) in [5, 5.41) is 3.03. The zero-order chi connectivity index (χ0) is 13.9. The summed E-state index contributed by atoms with van der Waals surface area (Å²) in [4.78, 5) is 0.258. The Bertz CT molecular complexity index is 662. The molecule has 0 spiro atoms. The molecule has 1 aromatic carbocycles. The topological polar surface area (TPSA) is 63.1 Å². The second-order valence-electron chi connectivity index (χ2n) is 4.35. The summed E-state index contributed by atoms with van der Waals surface area (Å²) in [5.41, 5.74) is 1.59. The van der Waals surface area contributed by atoms with Gasteiger partial charge in [0.15, 0.2) is 0 Å². The minimum Gasteiger partial charge on any atom is -0.356 e. The fourth-order valence-electron chi connectivity index (χ4n) is 1.80. The third-order valence-electron chi connectivity index (χ3n) is 2.68. The quantitative estimate of drug-likeness (QED) is 0.873. The lowest BCUT2D eigenvalue weighted by molar-refractivity contribution is 0.601. The molecule has 0 amide bonds. The number of aryl methyl sites for hydroxylation is 1. The van der Waals surface area contributed by atoms with E-state index in [-0.39, 0.29) is 4.90 Å². The number of sulfonamides is 1. The average Bonchev–Trinajstić information content (AvgIpc) is 2.77. The van der Waals surface area contributed by atoms with Crippen LogP contribution in [-0.2, 0) is 23.6 Å². The van der Waals surface area contributed by atoms with E-state index in [0.717, 1.165) is 5.56 Å². The summed E-state index contributed by atoms with van der Waals surface area (Å²) in [6.07, 6.45) is 3.27. The maximum absolute atomic E-state index is 12.1. The van der Waals surface area contributed by atoms with Crippen LogP contribution in [0.3, 0.4) is 0 Å². The molecular weight excluding hydrogens is 262 g/mol. The highest BCUT2D eigenvalue weighted by Crippen LogP contribution is 2.17. The zero-order valence-corrected chi connectivity index (χ0v) is 11.7. The number of nitrogens with one attached hydrogen (secondary N) is 2. The van der Waals surface area contributed by atoms with Gasteiger partial charge in [0.05, 0.1) is 0 Å². The van der Waals surface area contributed by atoms with E-state index in [1.54, 1.807) is 36.1 Å². The highest BCUT2D eigenvalue weighted by atomic mass is 32.2. The van der Waals surface area contributed by atoms with E-state index in [2.05, 4.69) is 10.0 Å². The first-order valence-corrected chi connectivity index (χ1v) is 7.38. The number of hydrogen-bond acceptors (Lipinski definition) is 3. The number of benzene rings is 1. The molecule has 0 radical (unpaired) electrons. The largest absolute Gasteiger partial charge is 0.356 e. The number of hydrogen-bond donors (Lipinski definition) is 2. The van der Waals surface area contributed by atoms with Crippen LogP contribution >= 0.6 is 0 Å². The van der Waals surface area contributed by atoms with Crippen molar-refractivity contribution in [1.29, 1.82) is 0 Å². The van der Waals surface area contributed by atoms with E-state index in [0.29, 0.717) is 12.2 Å². The SMILES string of the molecule is CNCc1cccc(NS(=O)(=O)c2ccn(C)c2)c1. The van der Waals surface area contributed by atoms with E-state index in [9.17, 15) is 8.42 Å². The van der Waals surface area contributed by atoms with Crippen molar-refractivity contribution in [3.63, 3.8) is 0 Å². The molecule has 0 aliphatic rings. The molecule has 0 unspecified atom stereocenters. The smallest absolute Gasteiger partial charge is 0.263 e. The molecular formula is C13H17N3O2S. The molecule has 2 rings (SSSR count). The van der Waals surface area contributed by atoms with Crippen molar-refractivity contribution in [2.45, 2.75) is 11.4 Å². The molecule has 0 bridgehead atoms. The molecule has 6 heteroatoms. The molecule has 0 saturated carbocycles. The Morgan fingerprint density at radius 3 is 2.68 bits per heavy atom. The van der Waals surface area contributed by atoms with E-state index in [1.165, 1.54) is 0 Å². The fraction of sp³-hybridized carbons (Fsp3) is 0.231. The third-order valence-corrected chi connectivity index (χ3v) is 4.04. The van der Waals surface area contributed by atoms with Gasteiger partial charge in [-0.25, -0.2) is 8.42 Å². The molecule has 0 atom stereocenters. The molecule has 2 N–H and O–H groups in total. The maximum Gasteiger partial charge on any atom is 0.263 e. The Hall–Kier alpha value is -1.79. The van der Waals surface area contributed by atoms with Crippen LogP contribution in [-0.4, -0.2) is 20.0 Å². The van der Waals surface area contributed by atoms with E-state index < -0.39 is 10.0 Å². The highest BCUT2D eigenvalue weighted by molar-refractivity contribution is 7.92. The molecule has 0 aliphatic heterocycles. The van der Waals surface area contributed by atoms with E-state index in [1.807, 2.05) is 25.2 Å². The lowest BCUT2D eigenvalue weighted by atomic mass is 10.2. The molecule has 0 saturated heterocycles. The van der Waals surface area contributed by atoms with Gasteiger partial charge in [-0.05, 0) is 30.8 Å². The standard InChI is InChI=1S/C13H17N3O2S/c1-14-9-11-4-3-5-12(8-11)15-19(17,18)13-6-7-16(2)10-13/h3-8,10,14-15H,9H2,1-2H3. The summed E-state index contributed by atoms with van der Waals surface area (Å²) in [6.45, 7) is 0.695. The molecule has 5 nitrogen and oxygen atoms in total. The Morgan fingerprint density at radius 1 is 1.26 bits per heavy atom.